The summed E-state index contributed by atoms with van der Waals surface area (Å²) in [5.41, 5.74) is 0. The predicted molar refractivity (Wildman–Crippen MR) is 41.9 cm³/mol. The van der Waals surface area contributed by atoms with Crippen molar-refractivity contribution in [3.63, 3.8) is 0 Å². The third-order valence-electron chi connectivity index (χ3n) is 0.716. The molecule has 0 aliphatic heterocycles. The van der Waals surface area contributed by atoms with E-state index < -0.39 is 0 Å². The Bertz CT molecular complexity index is 141. The van der Waals surface area contributed by atoms with E-state index in [9.17, 15) is 4.79 Å². The zero-order valence-corrected chi connectivity index (χ0v) is 8.20. The fourth-order valence-electron chi connectivity index (χ4n) is 0.295. The van der Waals surface area contributed by atoms with Gasteiger partial charge in [-0.15, -0.1) is 0 Å². The predicted octanol–water partition coefficient (Wildman–Crippen LogP) is 0.982. The van der Waals surface area contributed by atoms with E-state index in [1.54, 1.807) is 0 Å². The number of rotatable bonds is 4. The van der Waals surface area contributed by atoms with Crippen molar-refractivity contribution in [2.45, 2.75) is 4.47 Å². The number of hydrogen-bond donors (Lipinski definition) is 0. The number of hydrogen-bond acceptors (Lipinski definition) is 2. The SMILES string of the molecule is C=CC[Te]C=CC(=O)OC. The van der Waals surface area contributed by atoms with E-state index in [4.69, 9.17) is 0 Å². The third kappa shape index (κ3) is 5.87. The first kappa shape index (κ1) is 9.74. The molecule has 0 aliphatic rings. The first-order valence-corrected chi connectivity index (χ1v) is 5.77. The van der Waals surface area contributed by atoms with Gasteiger partial charge in [0.2, 0.25) is 0 Å². The van der Waals surface area contributed by atoms with E-state index in [2.05, 4.69) is 11.3 Å². The Hall–Kier alpha value is -0.260. The summed E-state index contributed by atoms with van der Waals surface area (Å²) in [7, 11) is 1.38. The van der Waals surface area contributed by atoms with Crippen molar-refractivity contribution in [3.05, 3.63) is 22.9 Å². The summed E-state index contributed by atoms with van der Waals surface area (Å²) >= 11 is -0.171. The van der Waals surface area contributed by atoms with Gasteiger partial charge in [-0.1, -0.05) is 0 Å². The Kier molecular flexibility index (Phi) is 6.68. The summed E-state index contributed by atoms with van der Waals surface area (Å²) in [6.07, 6.45) is 3.34. The summed E-state index contributed by atoms with van der Waals surface area (Å²) in [4.78, 5) is 10.5. The Labute approximate surface area is 71.0 Å². The van der Waals surface area contributed by atoms with Gasteiger partial charge in [0.15, 0.2) is 0 Å². The molecule has 0 rings (SSSR count). The molecule has 0 bridgehead atoms. The molecule has 0 atom stereocenters. The summed E-state index contributed by atoms with van der Waals surface area (Å²) in [5, 5.41) is 0. The molecule has 0 unspecified atom stereocenters. The summed E-state index contributed by atoms with van der Waals surface area (Å²) in [5.74, 6) is -0.269. The molecule has 10 heavy (non-hydrogen) atoms. The van der Waals surface area contributed by atoms with Crippen LogP contribution >= 0.6 is 0 Å². The van der Waals surface area contributed by atoms with Crippen molar-refractivity contribution in [1.82, 2.24) is 0 Å². The van der Waals surface area contributed by atoms with Gasteiger partial charge in [0, 0.05) is 0 Å². The van der Waals surface area contributed by atoms with Crippen LogP contribution in [0.1, 0.15) is 0 Å². The van der Waals surface area contributed by atoms with Crippen LogP contribution in [0.15, 0.2) is 22.9 Å². The van der Waals surface area contributed by atoms with Crippen LogP contribution in [0.2, 0.25) is 4.47 Å². The average molecular weight is 254 g/mol. The molecule has 0 saturated carbocycles. The number of allylic oxidation sites excluding steroid dienone is 1. The monoisotopic (exact) mass is 256 g/mol. The molecule has 3 heteroatoms. The number of esters is 1. The van der Waals surface area contributed by atoms with Crippen LogP contribution in [0.3, 0.4) is 0 Å². The first-order chi connectivity index (χ1) is 4.81. The van der Waals surface area contributed by atoms with Crippen LogP contribution in [0.4, 0.5) is 0 Å². The molecule has 0 aromatic carbocycles. The zero-order valence-electron chi connectivity index (χ0n) is 5.87. The second-order valence-corrected chi connectivity index (χ2v) is 4.13. The fraction of sp³-hybridized carbons (Fsp3) is 0.286. The van der Waals surface area contributed by atoms with Crippen molar-refractivity contribution in [3.8, 4) is 0 Å². The molecule has 0 aliphatic carbocycles. The number of carbonyl (C=O) groups excluding carboxylic acids is 1. The maximum atomic E-state index is 10.5. The van der Waals surface area contributed by atoms with E-state index in [0.29, 0.717) is 0 Å². The van der Waals surface area contributed by atoms with Crippen molar-refractivity contribution >= 4 is 26.9 Å². The van der Waals surface area contributed by atoms with Crippen LogP contribution in [-0.4, -0.2) is 34.0 Å². The third-order valence-corrected chi connectivity index (χ3v) is 2.88. The molecule has 0 spiro atoms. The standard InChI is InChI=1S/C7H10O2Te/c1-3-5-10-6-4-7(8)9-2/h3-4,6H,1,5H2,2H3. The zero-order chi connectivity index (χ0) is 7.82. The molecule has 2 nitrogen and oxygen atoms in total. The first-order valence-electron chi connectivity index (χ1n) is 2.78. The minimum atomic E-state index is -0.269. The van der Waals surface area contributed by atoms with Gasteiger partial charge < -0.3 is 0 Å². The molecule has 0 aromatic rings. The van der Waals surface area contributed by atoms with Crippen LogP contribution in [0, 0.1) is 0 Å². The molecule has 0 heterocycles. The van der Waals surface area contributed by atoms with Crippen LogP contribution in [-0.2, 0) is 9.53 Å². The van der Waals surface area contributed by atoms with E-state index in [1.807, 2.05) is 10.2 Å². The average Bonchev–Trinajstić information content (AvgIpc) is 1.98. The molecular formula is C7H10O2Te. The summed E-state index contributed by atoms with van der Waals surface area (Å²) in [6.45, 7) is 3.58. The molecule has 0 fully saturated rings. The second-order valence-electron chi connectivity index (χ2n) is 1.45. The maximum absolute atomic E-state index is 10.5. The fourth-order valence-corrected chi connectivity index (χ4v) is 1.59. The van der Waals surface area contributed by atoms with Crippen molar-refractivity contribution in [1.29, 1.82) is 0 Å². The van der Waals surface area contributed by atoms with E-state index in [-0.39, 0.29) is 26.9 Å². The number of methoxy groups -OCH3 is 1. The molecular weight excluding hydrogens is 244 g/mol. The minimum absolute atomic E-state index is 0.171. The topological polar surface area (TPSA) is 26.3 Å². The van der Waals surface area contributed by atoms with E-state index in [0.717, 1.165) is 4.47 Å². The van der Waals surface area contributed by atoms with Gasteiger partial charge in [0.1, 0.15) is 0 Å². The molecule has 0 aromatic heterocycles. The van der Waals surface area contributed by atoms with Crippen molar-refractivity contribution < 1.29 is 9.53 Å². The van der Waals surface area contributed by atoms with Gasteiger partial charge in [-0.05, 0) is 0 Å². The van der Waals surface area contributed by atoms with E-state index in [1.165, 1.54) is 13.2 Å². The Balaban J connectivity index is 3.35. The number of ether oxygens (including phenoxy) is 1. The van der Waals surface area contributed by atoms with E-state index >= 15 is 0 Å². The van der Waals surface area contributed by atoms with Crippen molar-refractivity contribution in [2.24, 2.45) is 0 Å². The van der Waals surface area contributed by atoms with Crippen molar-refractivity contribution in [2.75, 3.05) is 7.11 Å². The molecule has 56 valence electrons. The second kappa shape index (κ2) is 6.85. The molecule has 0 radical (unpaired) electrons. The normalized spacial score (nSPS) is 9.70. The Morgan fingerprint density at radius 2 is 2.50 bits per heavy atom. The van der Waals surface area contributed by atoms with Gasteiger partial charge in [0.05, 0.1) is 0 Å². The quantitative estimate of drug-likeness (QED) is 0.246. The van der Waals surface area contributed by atoms with Crippen LogP contribution in [0.25, 0.3) is 0 Å². The molecule has 0 amide bonds. The molecule has 0 N–H and O–H groups in total. The van der Waals surface area contributed by atoms with Gasteiger partial charge in [0.25, 0.3) is 0 Å². The summed E-state index contributed by atoms with van der Waals surface area (Å²) < 4.78 is 7.33. The van der Waals surface area contributed by atoms with Gasteiger partial charge in [-0.25, -0.2) is 0 Å². The van der Waals surface area contributed by atoms with Gasteiger partial charge >= 0.3 is 70.9 Å². The number of carbonyl (C=O) groups is 1. The Morgan fingerprint density at radius 1 is 1.80 bits per heavy atom. The van der Waals surface area contributed by atoms with Crippen LogP contribution < -0.4 is 0 Å². The summed E-state index contributed by atoms with van der Waals surface area (Å²) in [6, 6.07) is 0. The Morgan fingerprint density at radius 3 is 3.00 bits per heavy atom. The molecule has 0 saturated heterocycles. The van der Waals surface area contributed by atoms with Gasteiger partial charge in [-0.3, -0.25) is 0 Å². The van der Waals surface area contributed by atoms with Crippen LogP contribution in [0.5, 0.6) is 0 Å². The van der Waals surface area contributed by atoms with Gasteiger partial charge in [-0.2, -0.15) is 0 Å².